The minimum absolute atomic E-state index is 0.142. The zero-order chi connectivity index (χ0) is 14.5. The largest absolute Gasteiger partial charge is 0.468 e. The van der Waals surface area contributed by atoms with Gasteiger partial charge in [-0.1, -0.05) is 42.5 Å². The Balaban J connectivity index is 2.20. The van der Waals surface area contributed by atoms with Crippen molar-refractivity contribution in [2.75, 3.05) is 7.11 Å². The normalized spacial score (nSPS) is 12.1. The van der Waals surface area contributed by atoms with Gasteiger partial charge in [0.25, 0.3) is 0 Å². The Morgan fingerprint density at radius 2 is 1.80 bits per heavy atom. The lowest BCUT2D eigenvalue weighted by Gasteiger charge is -2.12. The van der Waals surface area contributed by atoms with E-state index in [1.807, 2.05) is 24.3 Å². The Labute approximate surface area is 118 Å². The van der Waals surface area contributed by atoms with Crippen molar-refractivity contribution < 1.29 is 14.3 Å². The quantitative estimate of drug-likeness (QED) is 0.619. The van der Waals surface area contributed by atoms with E-state index < -0.39 is 11.9 Å². The molecule has 0 aliphatic rings. The summed E-state index contributed by atoms with van der Waals surface area (Å²) in [4.78, 5) is 23.1. The molecular weight excluding hydrogens is 252 g/mol. The number of Topliss-reactive ketones (excluding diaryl/α,β-unsaturated/α-hetero) is 1. The van der Waals surface area contributed by atoms with Crippen LogP contribution in [0.5, 0.6) is 0 Å². The molecular formula is C17H18O3. The summed E-state index contributed by atoms with van der Waals surface area (Å²) in [6, 6.07) is 14.2. The number of ether oxygens (including phenoxy) is 1. The third kappa shape index (κ3) is 3.05. The Kier molecular flexibility index (Phi) is 4.51. The molecule has 1 unspecified atom stereocenters. The molecule has 0 spiro atoms. The number of aryl methyl sites for hydroxylation is 1. The van der Waals surface area contributed by atoms with Crippen LogP contribution in [0.1, 0.15) is 18.9 Å². The molecule has 20 heavy (non-hydrogen) atoms. The van der Waals surface area contributed by atoms with E-state index in [2.05, 4.69) is 22.9 Å². The average molecular weight is 270 g/mol. The molecule has 0 amide bonds. The number of benzene rings is 2. The Morgan fingerprint density at radius 1 is 1.10 bits per heavy atom. The lowest BCUT2D eigenvalue weighted by atomic mass is 9.94. The van der Waals surface area contributed by atoms with Gasteiger partial charge in [0.05, 0.1) is 7.11 Å². The first-order chi connectivity index (χ1) is 9.63. The molecule has 0 heterocycles. The third-order valence-corrected chi connectivity index (χ3v) is 3.56. The molecule has 104 valence electrons. The molecule has 2 aromatic carbocycles. The summed E-state index contributed by atoms with van der Waals surface area (Å²) < 4.78 is 4.69. The first kappa shape index (κ1) is 14.3. The fraction of sp³-hybridized carbons (Fsp3) is 0.294. The van der Waals surface area contributed by atoms with Gasteiger partial charge in [0.15, 0.2) is 0 Å². The summed E-state index contributed by atoms with van der Waals surface area (Å²) in [5, 5.41) is 2.34. The number of esters is 1. The van der Waals surface area contributed by atoms with Gasteiger partial charge in [-0.25, -0.2) is 0 Å². The summed E-state index contributed by atoms with van der Waals surface area (Å²) in [6.07, 6.45) is 1.16. The van der Waals surface area contributed by atoms with Gasteiger partial charge >= 0.3 is 5.97 Å². The number of hydrogen-bond acceptors (Lipinski definition) is 3. The molecule has 3 nitrogen and oxygen atoms in total. The monoisotopic (exact) mass is 270 g/mol. The first-order valence-electron chi connectivity index (χ1n) is 6.68. The highest BCUT2D eigenvalue weighted by Crippen LogP contribution is 2.21. The number of carbonyl (C=O) groups is 2. The number of ketones is 1. The maximum atomic E-state index is 11.6. The van der Waals surface area contributed by atoms with Crippen LogP contribution in [0, 0.1) is 5.92 Å². The predicted octanol–water partition coefficient (Wildman–Crippen LogP) is 3.15. The molecule has 0 fully saturated rings. The maximum absolute atomic E-state index is 11.6. The van der Waals surface area contributed by atoms with E-state index in [1.54, 1.807) is 0 Å². The van der Waals surface area contributed by atoms with Crippen LogP contribution in [0.15, 0.2) is 42.5 Å². The molecule has 3 heteroatoms. The summed E-state index contributed by atoms with van der Waals surface area (Å²) in [7, 11) is 1.32. The van der Waals surface area contributed by atoms with Gasteiger partial charge in [0, 0.05) is 0 Å². The van der Waals surface area contributed by atoms with Crippen LogP contribution in [0.2, 0.25) is 0 Å². The second-order valence-corrected chi connectivity index (χ2v) is 4.86. The zero-order valence-corrected chi connectivity index (χ0v) is 11.8. The highest BCUT2D eigenvalue weighted by atomic mass is 16.5. The number of rotatable bonds is 5. The van der Waals surface area contributed by atoms with Crippen LogP contribution in [0.3, 0.4) is 0 Å². The first-order valence-corrected chi connectivity index (χ1v) is 6.68. The van der Waals surface area contributed by atoms with Gasteiger partial charge in [-0.3, -0.25) is 9.59 Å². The Morgan fingerprint density at radius 3 is 2.50 bits per heavy atom. The average Bonchev–Trinajstić information content (AvgIpc) is 2.47. The van der Waals surface area contributed by atoms with Crippen LogP contribution in [0.25, 0.3) is 10.8 Å². The van der Waals surface area contributed by atoms with E-state index in [1.165, 1.54) is 24.8 Å². The van der Waals surface area contributed by atoms with Crippen LogP contribution < -0.4 is 0 Å². The summed E-state index contributed by atoms with van der Waals surface area (Å²) in [6.45, 7) is 1.44. The summed E-state index contributed by atoms with van der Waals surface area (Å²) >= 11 is 0. The van der Waals surface area contributed by atoms with Crippen LogP contribution in [-0.2, 0) is 20.7 Å². The standard InChI is InChI=1S/C17H18O3/c1-12(18)15(17(19)20-2)11-10-14-8-5-7-13-6-3-4-9-16(13)14/h3-9,15H,10-11H2,1-2H3. The predicted molar refractivity (Wildman–Crippen MR) is 78.5 cm³/mol. The van der Waals surface area contributed by atoms with E-state index in [9.17, 15) is 9.59 Å². The zero-order valence-electron chi connectivity index (χ0n) is 11.8. The van der Waals surface area contributed by atoms with Crippen LogP contribution in [0.4, 0.5) is 0 Å². The van der Waals surface area contributed by atoms with E-state index in [4.69, 9.17) is 0 Å². The topological polar surface area (TPSA) is 43.4 Å². The Hall–Kier alpha value is -2.16. The SMILES string of the molecule is COC(=O)C(CCc1cccc2ccccc12)C(C)=O. The van der Waals surface area contributed by atoms with E-state index in [-0.39, 0.29) is 5.78 Å². The third-order valence-electron chi connectivity index (χ3n) is 3.56. The van der Waals surface area contributed by atoms with E-state index in [0.29, 0.717) is 12.8 Å². The molecule has 1 atom stereocenters. The number of hydrogen-bond donors (Lipinski definition) is 0. The summed E-state index contributed by atoms with van der Waals surface area (Å²) in [5.41, 5.74) is 1.15. The lowest BCUT2D eigenvalue weighted by molar-refractivity contribution is -0.149. The molecule has 0 N–H and O–H groups in total. The second kappa shape index (κ2) is 6.33. The van der Waals surface area contributed by atoms with Crippen molar-refractivity contribution in [2.24, 2.45) is 5.92 Å². The number of carbonyl (C=O) groups excluding carboxylic acids is 2. The minimum Gasteiger partial charge on any atom is -0.468 e. The molecule has 0 aromatic heterocycles. The number of fused-ring (bicyclic) bond motifs is 1. The fourth-order valence-corrected chi connectivity index (χ4v) is 2.44. The molecule has 0 saturated carbocycles. The van der Waals surface area contributed by atoms with Gasteiger partial charge < -0.3 is 4.74 Å². The highest BCUT2D eigenvalue weighted by molar-refractivity contribution is 5.97. The Bertz CT molecular complexity index is 626. The molecule has 0 bridgehead atoms. The van der Waals surface area contributed by atoms with Crippen LogP contribution >= 0.6 is 0 Å². The van der Waals surface area contributed by atoms with Gasteiger partial charge in [-0.2, -0.15) is 0 Å². The lowest BCUT2D eigenvalue weighted by Crippen LogP contribution is -2.23. The van der Waals surface area contributed by atoms with E-state index in [0.717, 1.165) is 5.56 Å². The van der Waals surface area contributed by atoms with Gasteiger partial charge in [0.1, 0.15) is 11.7 Å². The fourth-order valence-electron chi connectivity index (χ4n) is 2.44. The molecule has 0 radical (unpaired) electrons. The van der Waals surface area contributed by atoms with Crippen molar-refractivity contribution in [1.82, 2.24) is 0 Å². The summed E-state index contributed by atoms with van der Waals surface area (Å²) in [5.74, 6) is -1.26. The van der Waals surface area contributed by atoms with Gasteiger partial charge in [-0.15, -0.1) is 0 Å². The maximum Gasteiger partial charge on any atom is 0.316 e. The van der Waals surface area contributed by atoms with Crippen molar-refractivity contribution in [3.63, 3.8) is 0 Å². The molecule has 0 saturated heterocycles. The van der Waals surface area contributed by atoms with Crippen molar-refractivity contribution in [3.8, 4) is 0 Å². The second-order valence-electron chi connectivity index (χ2n) is 4.86. The van der Waals surface area contributed by atoms with E-state index >= 15 is 0 Å². The van der Waals surface area contributed by atoms with Crippen molar-refractivity contribution in [1.29, 1.82) is 0 Å². The van der Waals surface area contributed by atoms with Crippen molar-refractivity contribution >= 4 is 22.5 Å². The molecule has 2 aromatic rings. The van der Waals surface area contributed by atoms with Gasteiger partial charge in [-0.05, 0) is 36.1 Å². The minimum atomic E-state index is -0.668. The van der Waals surface area contributed by atoms with Crippen molar-refractivity contribution in [2.45, 2.75) is 19.8 Å². The molecule has 2 rings (SSSR count). The van der Waals surface area contributed by atoms with Gasteiger partial charge in [0.2, 0.25) is 0 Å². The smallest absolute Gasteiger partial charge is 0.316 e. The molecule has 0 aliphatic carbocycles. The van der Waals surface area contributed by atoms with Crippen LogP contribution in [-0.4, -0.2) is 18.9 Å². The molecule has 0 aliphatic heterocycles. The highest BCUT2D eigenvalue weighted by Gasteiger charge is 2.23. The van der Waals surface area contributed by atoms with Crippen molar-refractivity contribution in [3.05, 3.63) is 48.0 Å². The number of methoxy groups -OCH3 is 1.